The fourth-order valence-corrected chi connectivity index (χ4v) is 11.0. The van der Waals surface area contributed by atoms with Crippen LogP contribution in [0.15, 0.2) is 190 Å². The summed E-state index contributed by atoms with van der Waals surface area (Å²) in [7, 11) is 0. The second-order valence-electron chi connectivity index (χ2n) is 18.8. The van der Waals surface area contributed by atoms with Gasteiger partial charge in [-0.15, -0.1) is 0 Å². The van der Waals surface area contributed by atoms with Crippen LogP contribution in [0.4, 0.5) is 11.4 Å². The Balaban J connectivity index is 1.04. The zero-order valence-electron chi connectivity index (χ0n) is 36.7. The van der Waals surface area contributed by atoms with Gasteiger partial charge >= 0.3 is 0 Å². The molecule has 1 aliphatic carbocycles. The number of ether oxygens (including phenoxy) is 2. The van der Waals surface area contributed by atoms with Crippen LogP contribution in [0.25, 0.3) is 71.7 Å². The van der Waals surface area contributed by atoms with Gasteiger partial charge < -0.3 is 23.6 Å². The molecule has 0 bridgehead atoms. The molecule has 2 aromatic heterocycles. The van der Waals surface area contributed by atoms with Crippen molar-refractivity contribution in [3.8, 4) is 39.5 Å². The van der Waals surface area contributed by atoms with E-state index < -0.39 is 0 Å². The highest BCUT2D eigenvalue weighted by atomic mass is 16.5. The molecule has 8 aromatic carbocycles. The lowest BCUT2D eigenvalue weighted by atomic mass is 9.70. The molecule has 1 N–H and O–H groups in total. The Morgan fingerprint density at radius 1 is 0.492 bits per heavy atom. The number of hydrogen-bond donors (Lipinski definition) is 1. The summed E-state index contributed by atoms with van der Waals surface area (Å²) in [6, 6.07) is 57.6. The third-order valence-electron chi connectivity index (χ3n) is 14.3. The maximum absolute atomic E-state index is 7.13. The van der Waals surface area contributed by atoms with Crippen molar-refractivity contribution in [1.82, 2.24) is 0 Å². The minimum Gasteiger partial charge on any atom is -0.456 e. The van der Waals surface area contributed by atoms with E-state index in [0.717, 1.165) is 136 Å². The number of benzene rings is 8. The number of nitrogens with one attached hydrogen (secondary N) is 1. The van der Waals surface area contributed by atoms with E-state index in [9.17, 15) is 0 Å². The molecule has 2 aliphatic heterocycles. The molecule has 0 radical (unpaired) electrons. The van der Waals surface area contributed by atoms with E-state index in [1.54, 1.807) is 0 Å². The summed E-state index contributed by atoms with van der Waals surface area (Å²) in [6.07, 6.45) is 4.15. The molecule has 0 amide bonds. The van der Waals surface area contributed by atoms with E-state index in [0.29, 0.717) is 0 Å². The Bertz CT molecular complexity index is 3570. The lowest BCUT2D eigenvalue weighted by Crippen LogP contribution is -2.30. The average molecular weight is 844 g/mol. The molecule has 65 heavy (non-hydrogen) atoms. The predicted octanol–water partition coefficient (Wildman–Crippen LogP) is 16.8. The highest BCUT2D eigenvalue weighted by Crippen LogP contribution is 2.57. The Kier molecular flexibility index (Phi) is 8.06. The van der Waals surface area contributed by atoms with Crippen LogP contribution in [-0.4, -0.2) is 0 Å². The van der Waals surface area contributed by atoms with Crippen LogP contribution in [0, 0.1) is 0 Å². The smallest absolute Gasteiger partial charge is 0.143 e. The number of furan rings is 2. The second-order valence-corrected chi connectivity index (χ2v) is 18.8. The molecular weight excluding hydrogens is 799 g/mol. The molecule has 5 heteroatoms. The van der Waals surface area contributed by atoms with Crippen molar-refractivity contribution in [2.24, 2.45) is 0 Å². The van der Waals surface area contributed by atoms with Gasteiger partial charge in [0.2, 0.25) is 0 Å². The summed E-state index contributed by atoms with van der Waals surface area (Å²) in [5.41, 5.74) is 15.6. The first-order valence-corrected chi connectivity index (χ1v) is 22.6. The molecule has 0 saturated heterocycles. The van der Waals surface area contributed by atoms with E-state index in [1.165, 1.54) is 11.1 Å². The van der Waals surface area contributed by atoms with Crippen molar-refractivity contribution >= 4 is 60.8 Å². The van der Waals surface area contributed by atoms with E-state index in [2.05, 4.69) is 179 Å². The summed E-state index contributed by atoms with van der Waals surface area (Å²) in [6.45, 7) is 9.27. The third kappa shape index (κ3) is 5.64. The first kappa shape index (κ1) is 37.8. The Morgan fingerprint density at radius 3 is 1.69 bits per heavy atom. The molecule has 314 valence electrons. The zero-order valence-corrected chi connectivity index (χ0v) is 36.7. The van der Waals surface area contributed by atoms with Crippen molar-refractivity contribution < 1.29 is 18.3 Å². The monoisotopic (exact) mass is 843 g/mol. The molecule has 0 unspecified atom stereocenters. The summed E-state index contributed by atoms with van der Waals surface area (Å²) >= 11 is 0. The van der Waals surface area contributed by atoms with Gasteiger partial charge in [-0.2, -0.15) is 0 Å². The van der Waals surface area contributed by atoms with Gasteiger partial charge in [0.05, 0.1) is 11.3 Å². The van der Waals surface area contributed by atoms with Crippen molar-refractivity contribution in [2.45, 2.75) is 51.4 Å². The van der Waals surface area contributed by atoms with E-state index in [-0.39, 0.29) is 10.8 Å². The maximum atomic E-state index is 7.13. The van der Waals surface area contributed by atoms with E-state index in [1.807, 2.05) is 24.3 Å². The van der Waals surface area contributed by atoms with Crippen LogP contribution in [0.3, 0.4) is 0 Å². The molecule has 3 aliphatic rings. The highest BCUT2D eigenvalue weighted by molar-refractivity contribution is 6.12. The third-order valence-corrected chi connectivity index (χ3v) is 14.3. The van der Waals surface area contributed by atoms with E-state index in [4.69, 9.17) is 18.3 Å². The molecule has 5 nitrogen and oxygen atoms in total. The molecule has 0 spiro atoms. The number of allylic oxidation sites excluding steroid dienone is 3. The van der Waals surface area contributed by atoms with Gasteiger partial charge in [-0.05, 0) is 78.1 Å². The molecule has 0 saturated carbocycles. The normalized spacial score (nSPS) is 15.8. The molecular formula is C60H45NO4. The standard InChI is InChI=1S/C60H45NO4/c1-59(2)45-23-7-11-28-52(45)64-57-44(22-15-25-47(57)59)54-49(31-30-48-58(54)65-53-29-12-8-24-46(53)60(48,3)4)61-37-33-35(38-18-13-20-42-40-16-5-9-26-50(40)62-55(38)42)32-36(34-37)39-19-14-21-43-41-17-6-10-27-51(41)63-56(39)43/h5-14,16-24,26-34,61H,15,25H2,1-4H3. The lowest BCUT2D eigenvalue weighted by molar-refractivity contribution is 0.374. The van der Waals surface area contributed by atoms with Crippen molar-refractivity contribution in [2.75, 3.05) is 5.32 Å². The summed E-state index contributed by atoms with van der Waals surface area (Å²) in [5.74, 6) is 3.52. The van der Waals surface area contributed by atoms with Gasteiger partial charge in [0.1, 0.15) is 45.3 Å². The molecule has 0 atom stereocenters. The van der Waals surface area contributed by atoms with Gasteiger partial charge in [0.25, 0.3) is 0 Å². The summed E-state index contributed by atoms with van der Waals surface area (Å²) in [5, 5.41) is 8.38. The quantitative estimate of drug-likeness (QED) is 0.187. The summed E-state index contributed by atoms with van der Waals surface area (Å²) in [4.78, 5) is 0. The summed E-state index contributed by atoms with van der Waals surface area (Å²) < 4.78 is 27.5. The highest BCUT2D eigenvalue weighted by Gasteiger charge is 2.42. The SMILES string of the molecule is CC1(C)C2=C(Oc3ccccc31)C(c1c(Nc3cc(-c4cccc5c4oc4ccccc45)cc(-c4cccc5c4oc4ccccc45)c3)ccc3c1Oc1ccccc1C3(C)C)=CCC2. The molecule has 10 aromatic rings. The average Bonchev–Trinajstić information content (AvgIpc) is 3.90. The van der Waals surface area contributed by atoms with Crippen molar-refractivity contribution in [1.29, 1.82) is 0 Å². The number of anilines is 2. The van der Waals surface area contributed by atoms with Crippen LogP contribution in [0.2, 0.25) is 0 Å². The minimum absolute atomic E-state index is 0.225. The van der Waals surface area contributed by atoms with E-state index >= 15 is 0 Å². The number of hydrogen-bond acceptors (Lipinski definition) is 5. The van der Waals surface area contributed by atoms with Gasteiger partial charge in [0.15, 0.2) is 0 Å². The van der Waals surface area contributed by atoms with Gasteiger partial charge in [-0.25, -0.2) is 0 Å². The first-order chi connectivity index (χ1) is 31.7. The van der Waals surface area contributed by atoms with Crippen LogP contribution < -0.4 is 14.8 Å². The predicted molar refractivity (Wildman–Crippen MR) is 265 cm³/mol. The number of fused-ring (bicyclic) bond motifs is 9. The van der Waals surface area contributed by atoms with Gasteiger partial charge in [-0.3, -0.25) is 0 Å². The fourth-order valence-electron chi connectivity index (χ4n) is 11.0. The second kappa shape index (κ2) is 13.9. The molecule has 0 fully saturated rings. The minimum atomic E-state index is -0.327. The topological polar surface area (TPSA) is 56.8 Å². The largest absolute Gasteiger partial charge is 0.456 e. The fraction of sp³-hybridized carbons (Fsp3) is 0.133. The van der Waals surface area contributed by atoms with Crippen LogP contribution in [0.1, 0.15) is 62.8 Å². The van der Waals surface area contributed by atoms with Crippen LogP contribution >= 0.6 is 0 Å². The zero-order chi connectivity index (χ0) is 43.6. The van der Waals surface area contributed by atoms with Gasteiger partial charge in [0, 0.05) is 71.5 Å². The maximum Gasteiger partial charge on any atom is 0.143 e. The van der Waals surface area contributed by atoms with Crippen LogP contribution in [0.5, 0.6) is 17.2 Å². The lowest BCUT2D eigenvalue weighted by Gasteiger charge is -2.40. The molecule has 13 rings (SSSR count). The number of rotatable bonds is 5. The Labute approximate surface area is 377 Å². The van der Waals surface area contributed by atoms with Crippen molar-refractivity contribution in [3.05, 3.63) is 203 Å². The van der Waals surface area contributed by atoms with Gasteiger partial charge in [-0.1, -0.05) is 149 Å². The van der Waals surface area contributed by atoms with Crippen LogP contribution in [-0.2, 0) is 10.8 Å². The number of para-hydroxylation sites is 6. The van der Waals surface area contributed by atoms with Crippen molar-refractivity contribution in [3.63, 3.8) is 0 Å². The Hall–Kier alpha value is -7.76. The first-order valence-electron chi connectivity index (χ1n) is 22.6. The molecule has 4 heterocycles. The Morgan fingerprint density at radius 2 is 1.05 bits per heavy atom.